The Hall–Kier alpha value is -0.260. The molecule has 0 spiro atoms. The van der Waals surface area contributed by atoms with Gasteiger partial charge in [0.2, 0.25) is 0 Å². The Kier molecular flexibility index (Phi) is 4.81. The standard InChI is InChI=1S/C21H36/c1-4-17-9-5-6-11-20-18(15-16(17)2)12-13-19-10-7-8-14-21(19,20)3/h10,16-18,20H,4-9,11-15H2,1-3H3. The van der Waals surface area contributed by atoms with E-state index in [2.05, 4.69) is 26.8 Å². The topological polar surface area (TPSA) is 0 Å². The average molecular weight is 289 g/mol. The number of fused-ring (bicyclic) bond motifs is 3. The Bertz CT molecular complexity index is 379. The van der Waals surface area contributed by atoms with Crippen LogP contribution in [0.15, 0.2) is 11.6 Å². The van der Waals surface area contributed by atoms with Crippen molar-refractivity contribution in [1.82, 2.24) is 0 Å². The van der Waals surface area contributed by atoms with Gasteiger partial charge in [-0.2, -0.15) is 0 Å². The maximum Gasteiger partial charge on any atom is -0.00854 e. The van der Waals surface area contributed by atoms with E-state index in [-0.39, 0.29) is 0 Å². The molecule has 0 N–H and O–H groups in total. The third-order valence-corrected chi connectivity index (χ3v) is 7.54. The van der Waals surface area contributed by atoms with Crippen LogP contribution in [-0.2, 0) is 0 Å². The molecule has 5 atom stereocenters. The lowest BCUT2D eigenvalue weighted by molar-refractivity contribution is 0.0690. The third-order valence-electron chi connectivity index (χ3n) is 7.54. The zero-order chi connectivity index (χ0) is 14.9. The first-order valence-corrected chi connectivity index (χ1v) is 9.84. The highest BCUT2D eigenvalue weighted by atomic mass is 14.5. The highest BCUT2D eigenvalue weighted by Gasteiger charge is 2.45. The van der Waals surface area contributed by atoms with Crippen LogP contribution in [0.25, 0.3) is 0 Å². The predicted molar refractivity (Wildman–Crippen MR) is 92.3 cm³/mol. The van der Waals surface area contributed by atoms with E-state index >= 15 is 0 Å². The second-order valence-electron chi connectivity index (χ2n) is 8.61. The molecule has 0 bridgehead atoms. The Morgan fingerprint density at radius 3 is 2.76 bits per heavy atom. The van der Waals surface area contributed by atoms with Gasteiger partial charge in [-0.15, -0.1) is 0 Å². The molecule has 0 aliphatic heterocycles. The van der Waals surface area contributed by atoms with Crippen molar-refractivity contribution in [2.24, 2.45) is 29.1 Å². The monoisotopic (exact) mass is 288 g/mol. The SMILES string of the molecule is CCC1CCCCC2C(CCC3=CCCCC32C)CC1C. The summed E-state index contributed by atoms with van der Waals surface area (Å²) < 4.78 is 0. The molecule has 3 rings (SSSR count). The van der Waals surface area contributed by atoms with E-state index in [1.807, 2.05) is 5.57 Å². The molecule has 0 amide bonds. The first-order chi connectivity index (χ1) is 10.1. The number of hydrogen-bond acceptors (Lipinski definition) is 0. The highest BCUT2D eigenvalue weighted by Crippen LogP contribution is 2.56. The van der Waals surface area contributed by atoms with E-state index in [1.54, 1.807) is 0 Å². The molecule has 2 saturated carbocycles. The van der Waals surface area contributed by atoms with E-state index in [0.717, 1.165) is 23.7 Å². The average Bonchev–Trinajstić information content (AvgIpc) is 2.55. The molecule has 5 unspecified atom stereocenters. The zero-order valence-electron chi connectivity index (χ0n) is 14.7. The second kappa shape index (κ2) is 6.47. The summed E-state index contributed by atoms with van der Waals surface area (Å²) >= 11 is 0. The molecule has 0 radical (unpaired) electrons. The Morgan fingerprint density at radius 2 is 1.95 bits per heavy atom. The van der Waals surface area contributed by atoms with Crippen LogP contribution in [0.4, 0.5) is 0 Å². The van der Waals surface area contributed by atoms with Crippen molar-refractivity contribution in [1.29, 1.82) is 0 Å². The van der Waals surface area contributed by atoms with Gasteiger partial charge in [-0.3, -0.25) is 0 Å². The highest BCUT2D eigenvalue weighted by molar-refractivity contribution is 5.21. The minimum absolute atomic E-state index is 0.576. The number of allylic oxidation sites excluding steroid dienone is 2. The quantitative estimate of drug-likeness (QED) is 0.468. The van der Waals surface area contributed by atoms with Crippen LogP contribution >= 0.6 is 0 Å². The first kappa shape index (κ1) is 15.6. The van der Waals surface area contributed by atoms with Gasteiger partial charge in [0.15, 0.2) is 0 Å². The lowest BCUT2D eigenvalue weighted by atomic mass is 9.54. The van der Waals surface area contributed by atoms with Crippen molar-refractivity contribution >= 4 is 0 Å². The molecule has 0 aromatic heterocycles. The van der Waals surface area contributed by atoms with Crippen molar-refractivity contribution < 1.29 is 0 Å². The lowest BCUT2D eigenvalue weighted by Crippen LogP contribution is -2.40. The first-order valence-electron chi connectivity index (χ1n) is 9.84. The zero-order valence-corrected chi connectivity index (χ0v) is 14.7. The van der Waals surface area contributed by atoms with Gasteiger partial charge in [0.05, 0.1) is 0 Å². The summed E-state index contributed by atoms with van der Waals surface area (Å²) in [7, 11) is 0. The minimum atomic E-state index is 0.576. The molecule has 0 heteroatoms. The number of hydrogen-bond donors (Lipinski definition) is 0. The lowest BCUT2D eigenvalue weighted by Gasteiger charge is -2.51. The fraction of sp³-hybridized carbons (Fsp3) is 0.905. The molecule has 3 aliphatic rings. The molecule has 2 fully saturated rings. The maximum absolute atomic E-state index is 2.63. The molecule has 0 aromatic carbocycles. The fourth-order valence-electron chi connectivity index (χ4n) is 6.18. The summed E-state index contributed by atoms with van der Waals surface area (Å²) in [5, 5.41) is 0. The molecule has 3 aliphatic carbocycles. The molecule has 120 valence electrons. The van der Waals surface area contributed by atoms with Crippen molar-refractivity contribution in [3.8, 4) is 0 Å². The minimum Gasteiger partial charge on any atom is -0.0848 e. The summed E-state index contributed by atoms with van der Waals surface area (Å²) in [6, 6.07) is 0. The summed E-state index contributed by atoms with van der Waals surface area (Å²) in [6.07, 6.45) is 18.7. The van der Waals surface area contributed by atoms with Gasteiger partial charge in [-0.05, 0) is 74.0 Å². The molecule has 0 aromatic rings. The van der Waals surface area contributed by atoms with Crippen LogP contribution in [0.2, 0.25) is 0 Å². The third kappa shape index (κ3) is 2.97. The summed E-state index contributed by atoms with van der Waals surface area (Å²) in [5.41, 5.74) is 2.43. The molecular weight excluding hydrogens is 252 g/mol. The number of rotatable bonds is 1. The summed E-state index contributed by atoms with van der Waals surface area (Å²) in [5.74, 6) is 3.97. The van der Waals surface area contributed by atoms with Gasteiger partial charge in [0.1, 0.15) is 0 Å². The Labute approximate surface area is 132 Å². The van der Waals surface area contributed by atoms with Crippen LogP contribution in [0.1, 0.15) is 91.4 Å². The van der Waals surface area contributed by atoms with Crippen molar-refractivity contribution in [3.05, 3.63) is 11.6 Å². The maximum atomic E-state index is 2.63. The molecule has 0 heterocycles. The van der Waals surface area contributed by atoms with E-state index in [1.165, 1.54) is 70.6 Å². The van der Waals surface area contributed by atoms with Crippen molar-refractivity contribution in [2.75, 3.05) is 0 Å². The van der Waals surface area contributed by atoms with Crippen LogP contribution in [0, 0.1) is 29.1 Å². The normalized spacial score (nSPS) is 44.6. The van der Waals surface area contributed by atoms with E-state index in [9.17, 15) is 0 Å². The smallest absolute Gasteiger partial charge is 0.00854 e. The van der Waals surface area contributed by atoms with Gasteiger partial charge in [-0.25, -0.2) is 0 Å². The van der Waals surface area contributed by atoms with E-state index in [0.29, 0.717) is 5.41 Å². The van der Waals surface area contributed by atoms with Gasteiger partial charge in [0.25, 0.3) is 0 Å². The summed E-state index contributed by atoms with van der Waals surface area (Å²) in [6.45, 7) is 7.61. The van der Waals surface area contributed by atoms with Gasteiger partial charge >= 0.3 is 0 Å². The van der Waals surface area contributed by atoms with Gasteiger partial charge in [0, 0.05) is 0 Å². The second-order valence-corrected chi connectivity index (χ2v) is 8.61. The van der Waals surface area contributed by atoms with Crippen molar-refractivity contribution in [3.63, 3.8) is 0 Å². The van der Waals surface area contributed by atoms with Crippen LogP contribution in [-0.4, -0.2) is 0 Å². The van der Waals surface area contributed by atoms with Crippen molar-refractivity contribution in [2.45, 2.75) is 91.4 Å². The molecule has 0 nitrogen and oxygen atoms in total. The molecule has 0 saturated heterocycles. The van der Waals surface area contributed by atoms with Crippen LogP contribution < -0.4 is 0 Å². The Morgan fingerprint density at radius 1 is 1.14 bits per heavy atom. The van der Waals surface area contributed by atoms with E-state index in [4.69, 9.17) is 0 Å². The van der Waals surface area contributed by atoms with Crippen LogP contribution in [0.3, 0.4) is 0 Å². The van der Waals surface area contributed by atoms with Crippen LogP contribution in [0.5, 0.6) is 0 Å². The predicted octanol–water partition coefficient (Wildman–Crippen LogP) is 6.76. The molecule has 21 heavy (non-hydrogen) atoms. The largest absolute Gasteiger partial charge is 0.0848 e. The molecular formula is C21H36. The van der Waals surface area contributed by atoms with Gasteiger partial charge < -0.3 is 0 Å². The fourth-order valence-corrected chi connectivity index (χ4v) is 6.18. The van der Waals surface area contributed by atoms with E-state index < -0.39 is 0 Å². The van der Waals surface area contributed by atoms with Gasteiger partial charge in [-0.1, -0.05) is 58.1 Å². The summed E-state index contributed by atoms with van der Waals surface area (Å²) in [4.78, 5) is 0. The Balaban J connectivity index is 1.83.